The van der Waals surface area contributed by atoms with Crippen LogP contribution in [-0.2, 0) is 17.8 Å². The Hall–Kier alpha value is -1.15. The van der Waals surface area contributed by atoms with Crippen LogP contribution in [0.3, 0.4) is 0 Å². The minimum absolute atomic E-state index is 0.268. The molecule has 0 saturated heterocycles. The summed E-state index contributed by atoms with van der Waals surface area (Å²) in [5.41, 5.74) is 0. The molecule has 1 heterocycles. The predicted molar refractivity (Wildman–Crippen MR) is 63.5 cm³/mol. The van der Waals surface area contributed by atoms with Crippen molar-refractivity contribution < 1.29 is 17.9 Å². The lowest BCUT2D eigenvalue weighted by Crippen LogP contribution is -2.31. The summed E-state index contributed by atoms with van der Waals surface area (Å²) in [6, 6.07) is -0.649. The zero-order valence-corrected chi connectivity index (χ0v) is 11.1. The molecule has 1 N–H and O–H groups in total. The number of aromatic nitrogens is 3. The summed E-state index contributed by atoms with van der Waals surface area (Å²) in [6.07, 6.45) is -2.63. The van der Waals surface area contributed by atoms with Gasteiger partial charge in [-0.15, -0.1) is 10.2 Å². The third kappa shape index (κ3) is 6.53. The molecule has 1 atom stereocenters. The summed E-state index contributed by atoms with van der Waals surface area (Å²) in [5, 5.41) is 10.5. The summed E-state index contributed by atoms with van der Waals surface area (Å²) >= 11 is 0. The van der Waals surface area contributed by atoms with Gasteiger partial charge in [-0.05, 0) is 13.3 Å². The van der Waals surface area contributed by atoms with Crippen LogP contribution in [-0.4, -0.2) is 40.7 Å². The van der Waals surface area contributed by atoms with Crippen molar-refractivity contribution >= 4 is 0 Å². The van der Waals surface area contributed by atoms with Crippen molar-refractivity contribution in [1.29, 1.82) is 0 Å². The van der Waals surface area contributed by atoms with Crippen LogP contribution in [0.15, 0.2) is 6.33 Å². The molecule has 0 bridgehead atoms. The summed E-state index contributed by atoms with van der Waals surface area (Å²) in [5.74, 6) is 0.630. The zero-order valence-electron chi connectivity index (χ0n) is 11.1. The van der Waals surface area contributed by atoms with Crippen LogP contribution in [0.4, 0.5) is 13.2 Å². The molecule has 110 valence electrons. The van der Waals surface area contributed by atoms with Crippen molar-refractivity contribution in [1.82, 2.24) is 20.1 Å². The van der Waals surface area contributed by atoms with Crippen LogP contribution in [0.5, 0.6) is 0 Å². The number of hydrogen-bond donors (Lipinski definition) is 1. The fraction of sp³-hybridized carbons (Fsp3) is 0.818. The first-order valence-electron chi connectivity index (χ1n) is 6.08. The highest BCUT2D eigenvalue weighted by molar-refractivity contribution is 4.86. The van der Waals surface area contributed by atoms with Crippen molar-refractivity contribution in [3.8, 4) is 0 Å². The van der Waals surface area contributed by atoms with Gasteiger partial charge in [0.15, 0.2) is 0 Å². The SMILES string of the molecule is COCCCn1cnnc1CN[C@H](C)CC(F)(F)F. The predicted octanol–water partition coefficient (Wildman–Crippen LogP) is 1.75. The fourth-order valence-corrected chi connectivity index (χ4v) is 1.67. The van der Waals surface area contributed by atoms with Gasteiger partial charge in [-0.1, -0.05) is 0 Å². The Labute approximate surface area is 110 Å². The van der Waals surface area contributed by atoms with E-state index < -0.39 is 18.6 Å². The molecule has 1 aromatic rings. The van der Waals surface area contributed by atoms with E-state index in [1.807, 2.05) is 4.57 Å². The minimum atomic E-state index is -4.15. The number of aryl methyl sites for hydroxylation is 1. The van der Waals surface area contributed by atoms with Crippen molar-refractivity contribution in [2.24, 2.45) is 0 Å². The molecule has 0 saturated carbocycles. The lowest BCUT2D eigenvalue weighted by atomic mass is 10.2. The number of alkyl halides is 3. The van der Waals surface area contributed by atoms with E-state index in [0.717, 1.165) is 6.42 Å². The van der Waals surface area contributed by atoms with Gasteiger partial charge >= 0.3 is 6.18 Å². The molecule has 19 heavy (non-hydrogen) atoms. The minimum Gasteiger partial charge on any atom is -0.385 e. The van der Waals surface area contributed by atoms with Gasteiger partial charge in [-0.2, -0.15) is 13.2 Å². The topological polar surface area (TPSA) is 52.0 Å². The first-order chi connectivity index (χ1) is 8.92. The molecular formula is C11H19F3N4O. The van der Waals surface area contributed by atoms with Gasteiger partial charge in [0.1, 0.15) is 12.2 Å². The average Bonchev–Trinajstić information content (AvgIpc) is 2.72. The molecule has 0 fully saturated rings. The van der Waals surface area contributed by atoms with Crippen LogP contribution in [0.1, 0.15) is 25.6 Å². The normalized spacial score (nSPS) is 13.7. The number of rotatable bonds is 8. The number of nitrogens with zero attached hydrogens (tertiary/aromatic N) is 3. The first-order valence-corrected chi connectivity index (χ1v) is 6.08. The number of ether oxygens (including phenoxy) is 1. The van der Waals surface area contributed by atoms with Crippen LogP contribution < -0.4 is 5.32 Å². The lowest BCUT2D eigenvalue weighted by Gasteiger charge is -2.15. The third-order valence-electron chi connectivity index (χ3n) is 2.59. The molecular weight excluding hydrogens is 261 g/mol. The Kier molecular flexibility index (Phi) is 6.23. The van der Waals surface area contributed by atoms with Gasteiger partial charge in [-0.25, -0.2) is 0 Å². The molecule has 0 unspecified atom stereocenters. The zero-order chi connectivity index (χ0) is 14.3. The van der Waals surface area contributed by atoms with Crippen LogP contribution in [0.25, 0.3) is 0 Å². The largest absolute Gasteiger partial charge is 0.390 e. The maximum Gasteiger partial charge on any atom is 0.390 e. The Morgan fingerprint density at radius 3 is 2.84 bits per heavy atom. The van der Waals surface area contributed by atoms with Gasteiger partial charge in [-0.3, -0.25) is 0 Å². The van der Waals surface area contributed by atoms with Gasteiger partial charge in [0.25, 0.3) is 0 Å². The first kappa shape index (κ1) is 15.9. The van der Waals surface area contributed by atoms with E-state index in [-0.39, 0.29) is 6.54 Å². The molecule has 0 aliphatic heterocycles. The smallest absolute Gasteiger partial charge is 0.385 e. The van der Waals surface area contributed by atoms with Crippen LogP contribution in [0.2, 0.25) is 0 Å². The van der Waals surface area contributed by atoms with E-state index >= 15 is 0 Å². The Morgan fingerprint density at radius 1 is 1.47 bits per heavy atom. The second-order valence-corrected chi connectivity index (χ2v) is 4.39. The number of nitrogens with one attached hydrogen (secondary N) is 1. The Morgan fingerprint density at radius 2 is 2.21 bits per heavy atom. The van der Waals surface area contributed by atoms with Crippen molar-refractivity contribution in [2.75, 3.05) is 13.7 Å². The summed E-state index contributed by atoms with van der Waals surface area (Å²) < 4.78 is 43.3. The molecule has 8 heteroatoms. The maximum absolute atomic E-state index is 12.2. The lowest BCUT2D eigenvalue weighted by molar-refractivity contribution is -0.139. The van der Waals surface area contributed by atoms with E-state index in [9.17, 15) is 13.2 Å². The highest BCUT2D eigenvalue weighted by Crippen LogP contribution is 2.21. The highest BCUT2D eigenvalue weighted by atomic mass is 19.4. The van der Waals surface area contributed by atoms with Crippen LogP contribution >= 0.6 is 0 Å². The van der Waals surface area contributed by atoms with Crippen molar-refractivity contribution in [3.63, 3.8) is 0 Å². The summed E-state index contributed by atoms with van der Waals surface area (Å²) in [7, 11) is 1.62. The molecule has 1 aromatic heterocycles. The molecule has 1 rings (SSSR count). The molecule has 0 radical (unpaired) electrons. The molecule has 0 spiro atoms. The molecule has 0 aliphatic rings. The second kappa shape index (κ2) is 7.44. The number of halogens is 3. The maximum atomic E-state index is 12.2. The molecule has 0 aromatic carbocycles. The van der Waals surface area contributed by atoms with E-state index in [1.54, 1.807) is 13.4 Å². The van der Waals surface area contributed by atoms with E-state index in [2.05, 4.69) is 15.5 Å². The van der Waals surface area contributed by atoms with E-state index in [4.69, 9.17) is 4.74 Å². The van der Waals surface area contributed by atoms with Crippen molar-refractivity contribution in [3.05, 3.63) is 12.2 Å². The van der Waals surface area contributed by atoms with Gasteiger partial charge in [0.05, 0.1) is 13.0 Å². The Balaban J connectivity index is 2.38. The van der Waals surface area contributed by atoms with Gasteiger partial charge < -0.3 is 14.6 Å². The standard InChI is InChI=1S/C11H19F3N4O/c1-9(6-11(12,13)14)15-7-10-17-16-8-18(10)4-3-5-19-2/h8-9,15H,3-7H2,1-2H3/t9-/m1/s1. The second-order valence-electron chi connectivity index (χ2n) is 4.39. The van der Waals surface area contributed by atoms with Gasteiger partial charge in [0, 0.05) is 26.3 Å². The number of methoxy groups -OCH3 is 1. The Bertz CT molecular complexity index is 367. The monoisotopic (exact) mass is 280 g/mol. The van der Waals surface area contributed by atoms with Crippen LogP contribution in [0, 0.1) is 0 Å². The van der Waals surface area contributed by atoms with E-state index in [1.165, 1.54) is 6.92 Å². The number of hydrogen-bond acceptors (Lipinski definition) is 4. The van der Waals surface area contributed by atoms with Gasteiger partial charge in [0.2, 0.25) is 0 Å². The quantitative estimate of drug-likeness (QED) is 0.737. The molecule has 5 nitrogen and oxygen atoms in total. The average molecular weight is 280 g/mol. The van der Waals surface area contributed by atoms with E-state index in [0.29, 0.717) is 19.0 Å². The highest BCUT2D eigenvalue weighted by Gasteiger charge is 2.29. The fourth-order valence-electron chi connectivity index (χ4n) is 1.67. The molecule has 0 amide bonds. The third-order valence-corrected chi connectivity index (χ3v) is 2.59. The summed E-state index contributed by atoms with van der Waals surface area (Å²) in [6.45, 7) is 3.07. The molecule has 0 aliphatic carbocycles. The summed E-state index contributed by atoms with van der Waals surface area (Å²) in [4.78, 5) is 0. The van der Waals surface area contributed by atoms with Crippen molar-refractivity contribution in [2.45, 2.75) is 45.1 Å².